The van der Waals surface area contributed by atoms with Crippen LogP contribution < -0.4 is 10.5 Å². The number of ether oxygens (including phenoxy) is 1. The highest BCUT2D eigenvalue weighted by Gasteiger charge is 2.29. The molecule has 0 radical (unpaired) electrons. The molecule has 0 heterocycles. The Bertz CT molecular complexity index is 441. The molecule has 0 spiro atoms. The lowest BCUT2D eigenvalue weighted by Gasteiger charge is -2.29. The summed E-state index contributed by atoms with van der Waals surface area (Å²) in [5.41, 5.74) is 6.59. The van der Waals surface area contributed by atoms with Gasteiger partial charge in [0, 0.05) is 13.6 Å². The quantitative estimate of drug-likeness (QED) is 0.801. The summed E-state index contributed by atoms with van der Waals surface area (Å²) in [5, 5.41) is 0. The van der Waals surface area contributed by atoms with Crippen molar-refractivity contribution in [2.75, 3.05) is 20.7 Å². The lowest BCUT2D eigenvalue weighted by atomic mass is 9.96. The first-order chi connectivity index (χ1) is 9.90. The van der Waals surface area contributed by atoms with E-state index in [1.54, 1.807) is 12.0 Å². The van der Waals surface area contributed by atoms with Crippen LogP contribution in [0, 0.1) is 0 Å². The van der Waals surface area contributed by atoms with Crippen LogP contribution in [-0.4, -0.2) is 37.0 Å². The Morgan fingerprint density at radius 1 is 1.33 bits per heavy atom. The Kier molecular flexibility index (Phi) is 6.69. The molecule has 1 unspecified atom stereocenters. The SMILES string of the molecule is CCCC(C)(N)C(=O)N(C)CCCc1ccc(OC)cc1. The van der Waals surface area contributed by atoms with E-state index in [0.717, 1.165) is 31.6 Å². The molecule has 0 fully saturated rings. The normalized spacial score (nSPS) is 13.6. The lowest BCUT2D eigenvalue weighted by molar-refractivity contribution is -0.135. The van der Waals surface area contributed by atoms with E-state index in [-0.39, 0.29) is 5.91 Å². The van der Waals surface area contributed by atoms with Gasteiger partial charge in [0.25, 0.3) is 0 Å². The average Bonchev–Trinajstić information content (AvgIpc) is 2.47. The first-order valence-electron chi connectivity index (χ1n) is 7.58. The standard InChI is InChI=1S/C17H28N2O2/c1-5-12-17(2,18)16(20)19(3)13-6-7-14-8-10-15(21-4)11-9-14/h8-11H,5-7,12-13,18H2,1-4H3. The van der Waals surface area contributed by atoms with Crippen LogP contribution in [-0.2, 0) is 11.2 Å². The van der Waals surface area contributed by atoms with Gasteiger partial charge in [0.2, 0.25) is 5.91 Å². The van der Waals surface area contributed by atoms with Crippen molar-refractivity contribution in [1.82, 2.24) is 4.90 Å². The van der Waals surface area contributed by atoms with Crippen molar-refractivity contribution in [2.24, 2.45) is 5.73 Å². The van der Waals surface area contributed by atoms with E-state index in [1.165, 1.54) is 5.56 Å². The highest BCUT2D eigenvalue weighted by atomic mass is 16.5. The summed E-state index contributed by atoms with van der Waals surface area (Å²) in [6.45, 7) is 4.59. The Balaban J connectivity index is 2.42. The summed E-state index contributed by atoms with van der Waals surface area (Å²) in [6, 6.07) is 8.04. The number of carbonyl (C=O) groups is 1. The third-order valence-corrected chi connectivity index (χ3v) is 3.72. The summed E-state index contributed by atoms with van der Waals surface area (Å²) >= 11 is 0. The van der Waals surface area contributed by atoms with Gasteiger partial charge in [0.15, 0.2) is 0 Å². The number of carbonyl (C=O) groups excluding carboxylic acids is 1. The summed E-state index contributed by atoms with van der Waals surface area (Å²) in [5.74, 6) is 0.892. The van der Waals surface area contributed by atoms with Crippen LogP contribution in [0.1, 0.15) is 38.7 Å². The van der Waals surface area contributed by atoms with Crippen molar-refractivity contribution < 1.29 is 9.53 Å². The Morgan fingerprint density at radius 2 is 1.95 bits per heavy atom. The lowest BCUT2D eigenvalue weighted by Crippen LogP contribution is -2.52. The molecule has 4 nitrogen and oxygen atoms in total. The minimum atomic E-state index is -0.746. The van der Waals surface area contributed by atoms with Crippen LogP contribution in [0.5, 0.6) is 5.75 Å². The molecule has 1 aromatic rings. The van der Waals surface area contributed by atoms with Crippen LogP contribution in [0.25, 0.3) is 0 Å². The van der Waals surface area contributed by atoms with Gasteiger partial charge in [-0.05, 0) is 43.9 Å². The van der Waals surface area contributed by atoms with Gasteiger partial charge < -0.3 is 15.4 Å². The van der Waals surface area contributed by atoms with Gasteiger partial charge in [-0.2, -0.15) is 0 Å². The van der Waals surface area contributed by atoms with Crippen LogP contribution in [0.4, 0.5) is 0 Å². The van der Waals surface area contributed by atoms with Gasteiger partial charge in [0.1, 0.15) is 5.75 Å². The first kappa shape index (κ1) is 17.5. The fourth-order valence-electron chi connectivity index (χ4n) is 2.48. The number of amides is 1. The Labute approximate surface area is 128 Å². The molecule has 0 saturated carbocycles. The number of hydrogen-bond acceptors (Lipinski definition) is 3. The summed E-state index contributed by atoms with van der Waals surface area (Å²) in [7, 11) is 3.49. The number of nitrogens with two attached hydrogens (primary N) is 1. The zero-order valence-corrected chi connectivity index (χ0v) is 13.7. The molecule has 0 aliphatic rings. The molecule has 21 heavy (non-hydrogen) atoms. The zero-order chi connectivity index (χ0) is 15.9. The molecule has 1 amide bonds. The van der Waals surface area contributed by atoms with E-state index in [9.17, 15) is 4.79 Å². The van der Waals surface area contributed by atoms with E-state index < -0.39 is 5.54 Å². The third kappa shape index (κ3) is 5.38. The predicted octanol–water partition coefficient (Wildman–Crippen LogP) is 2.60. The van der Waals surface area contributed by atoms with Gasteiger partial charge in [-0.25, -0.2) is 0 Å². The largest absolute Gasteiger partial charge is 0.497 e. The predicted molar refractivity (Wildman–Crippen MR) is 86.5 cm³/mol. The van der Waals surface area contributed by atoms with Crippen molar-refractivity contribution in [2.45, 2.75) is 45.1 Å². The fourth-order valence-corrected chi connectivity index (χ4v) is 2.48. The summed E-state index contributed by atoms with van der Waals surface area (Å²) < 4.78 is 5.14. The second kappa shape index (κ2) is 8.03. The fraction of sp³-hybridized carbons (Fsp3) is 0.588. The Hall–Kier alpha value is -1.55. The maximum Gasteiger partial charge on any atom is 0.242 e. The van der Waals surface area contributed by atoms with E-state index in [0.29, 0.717) is 6.42 Å². The van der Waals surface area contributed by atoms with E-state index >= 15 is 0 Å². The van der Waals surface area contributed by atoms with Gasteiger partial charge in [-0.3, -0.25) is 4.79 Å². The van der Waals surface area contributed by atoms with Gasteiger partial charge in [0.05, 0.1) is 12.6 Å². The number of benzene rings is 1. The van der Waals surface area contributed by atoms with Gasteiger partial charge >= 0.3 is 0 Å². The number of aryl methyl sites for hydroxylation is 1. The van der Waals surface area contributed by atoms with Crippen LogP contribution in [0.2, 0.25) is 0 Å². The van der Waals surface area contributed by atoms with Crippen molar-refractivity contribution in [3.05, 3.63) is 29.8 Å². The van der Waals surface area contributed by atoms with Crippen LogP contribution >= 0.6 is 0 Å². The van der Waals surface area contributed by atoms with Crippen molar-refractivity contribution in [3.8, 4) is 5.75 Å². The number of hydrogen-bond donors (Lipinski definition) is 1. The van der Waals surface area contributed by atoms with E-state index in [2.05, 4.69) is 12.1 Å². The van der Waals surface area contributed by atoms with Crippen LogP contribution in [0.15, 0.2) is 24.3 Å². The third-order valence-electron chi connectivity index (χ3n) is 3.72. The highest BCUT2D eigenvalue weighted by Crippen LogP contribution is 2.14. The molecular weight excluding hydrogens is 264 g/mol. The molecule has 0 aliphatic heterocycles. The minimum absolute atomic E-state index is 0.0269. The molecule has 0 saturated heterocycles. The number of likely N-dealkylation sites (N-methyl/N-ethyl adjacent to an activating group) is 1. The maximum atomic E-state index is 12.3. The second-order valence-electron chi connectivity index (χ2n) is 5.85. The number of methoxy groups -OCH3 is 1. The van der Waals surface area contributed by atoms with Gasteiger partial charge in [-0.1, -0.05) is 25.5 Å². The molecule has 1 atom stereocenters. The van der Waals surface area contributed by atoms with Crippen molar-refractivity contribution in [3.63, 3.8) is 0 Å². The monoisotopic (exact) mass is 292 g/mol. The number of rotatable bonds is 8. The average molecular weight is 292 g/mol. The molecule has 1 aromatic carbocycles. The smallest absolute Gasteiger partial charge is 0.242 e. The van der Waals surface area contributed by atoms with E-state index in [1.807, 2.05) is 33.0 Å². The van der Waals surface area contributed by atoms with Gasteiger partial charge in [-0.15, -0.1) is 0 Å². The highest BCUT2D eigenvalue weighted by molar-refractivity contribution is 5.85. The molecule has 0 bridgehead atoms. The molecule has 0 aliphatic carbocycles. The van der Waals surface area contributed by atoms with Crippen LogP contribution in [0.3, 0.4) is 0 Å². The number of nitrogens with zero attached hydrogens (tertiary/aromatic N) is 1. The van der Waals surface area contributed by atoms with Crippen molar-refractivity contribution in [1.29, 1.82) is 0 Å². The maximum absolute atomic E-state index is 12.3. The molecule has 2 N–H and O–H groups in total. The zero-order valence-electron chi connectivity index (χ0n) is 13.7. The molecular formula is C17H28N2O2. The molecule has 0 aromatic heterocycles. The summed E-state index contributed by atoms with van der Waals surface area (Å²) in [6.07, 6.45) is 3.50. The molecule has 118 valence electrons. The second-order valence-corrected chi connectivity index (χ2v) is 5.85. The van der Waals surface area contributed by atoms with E-state index in [4.69, 9.17) is 10.5 Å². The molecule has 4 heteroatoms. The Morgan fingerprint density at radius 3 is 2.48 bits per heavy atom. The minimum Gasteiger partial charge on any atom is -0.497 e. The molecule has 1 rings (SSSR count). The van der Waals surface area contributed by atoms with Crippen molar-refractivity contribution >= 4 is 5.91 Å². The topological polar surface area (TPSA) is 55.6 Å². The first-order valence-corrected chi connectivity index (χ1v) is 7.58. The summed E-state index contributed by atoms with van der Waals surface area (Å²) in [4.78, 5) is 14.0.